The molecule has 5 aliphatic carbocycles. The highest BCUT2D eigenvalue weighted by molar-refractivity contribution is 5.07. The van der Waals surface area contributed by atoms with Gasteiger partial charge in [-0.3, -0.25) is 0 Å². The molecule has 0 atom stereocenters. The number of hydrogen-bond acceptors (Lipinski definition) is 0. The second-order valence-electron chi connectivity index (χ2n) is 18.4. The largest absolute Gasteiger partial charge is 0.0654 e. The highest BCUT2D eigenvalue weighted by Crippen LogP contribution is 2.67. The summed E-state index contributed by atoms with van der Waals surface area (Å²) < 4.78 is 0. The second-order valence-corrected chi connectivity index (χ2v) is 18.4. The molecule has 0 radical (unpaired) electrons. The number of unbranched alkanes of at least 4 members (excludes halogenated alkanes) is 12. The maximum absolute atomic E-state index is 2.33. The second kappa shape index (κ2) is 18.5. The van der Waals surface area contributed by atoms with Gasteiger partial charge in [-0.1, -0.05) is 142 Å². The fourth-order valence-electron chi connectivity index (χ4n) is 12.4. The summed E-state index contributed by atoms with van der Waals surface area (Å²) in [5, 5.41) is 0. The fourth-order valence-corrected chi connectivity index (χ4v) is 12.4. The summed E-state index contributed by atoms with van der Waals surface area (Å²) in [6, 6.07) is 0. The number of hydrogen-bond donors (Lipinski definition) is 0. The Kier molecular flexibility index (Phi) is 14.9. The Balaban J connectivity index is 0.892. The van der Waals surface area contributed by atoms with Crippen molar-refractivity contribution in [3.63, 3.8) is 0 Å². The van der Waals surface area contributed by atoms with Gasteiger partial charge in [0, 0.05) is 0 Å². The fraction of sp³-hybridized carbons (Fsp3) is 1.00. The lowest BCUT2D eigenvalue weighted by molar-refractivity contribution is -0.109. The maximum atomic E-state index is 2.33. The lowest BCUT2D eigenvalue weighted by Gasteiger charge is -2.62. The van der Waals surface area contributed by atoms with Gasteiger partial charge < -0.3 is 0 Å². The first-order valence-corrected chi connectivity index (χ1v) is 21.6. The van der Waals surface area contributed by atoms with E-state index in [0.29, 0.717) is 0 Å². The van der Waals surface area contributed by atoms with Gasteiger partial charge in [0.25, 0.3) is 0 Å². The molecule has 256 valence electrons. The molecule has 44 heavy (non-hydrogen) atoms. The van der Waals surface area contributed by atoms with Crippen LogP contribution in [0.1, 0.15) is 232 Å². The molecule has 0 aliphatic heterocycles. The van der Waals surface area contributed by atoms with Crippen molar-refractivity contribution in [1.29, 1.82) is 0 Å². The van der Waals surface area contributed by atoms with Gasteiger partial charge in [-0.15, -0.1) is 0 Å². The molecule has 0 N–H and O–H groups in total. The van der Waals surface area contributed by atoms with E-state index in [1.54, 1.807) is 128 Å². The van der Waals surface area contributed by atoms with Crippen LogP contribution in [0, 0.1) is 46.3 Å². The van der Waals surface area contributed by atoms with Gasteiger partial charge >= 0.3 is 0 Å². The van der Waals surface area contributed by atoms with Crippen molar-refractivity contribution < 1.29 is 0 Å². The Bertz CT molecular complexity index is 660. The molecule has 0 unspecified atom stereocenters. The van der Waals surface area contributed by atoms with E-state index < -0.39 is 0 Å². The minimum atomic E-state index is 0.811. The van der Waals surface area contributed by atoms with Crippen LogP contribution in [-0.2, 0) is 0 Å². The monoisotopic (exact) mass is 609 g/mol. The SMILES string of the molecule is CCCCCCCCC[C@H]1CC[C@H](C2CCC3(CC2)CC2(CCC([C@H]4CC[C@H](CCCCCCCCC)CC4)CC2)C3)CC1. The molecule has 2 spiro atoms. The third-order valence-electron chi connectivity index (χ3n) is 15.2. The quantitative estimate of drug-likeness (QED) is 0.136. The molecule has 0 nitrogen and oxygen atoms in total. The van der Waals surface area contributed by atoms with E-state index in [9.17, 15) is 0 Å². The molecule has 0 aromatic carbocycles. The normalized spacial score (nSPS) is 37.8. The van der Waals surface area contributed by atoms with E-state index in [2.05, 4.69) is 13.8 Å². The first kappa shape index (κ1) is 35.3. The predicted molar refractivity (Wildman–Crippen MR) is 194 cm³/mol. The molecular formula is C44H80. The van der Waals surface area contributed by atoms with Crippen LogP contribution in [0.3, 0.4) is 0 Å². The summed E-state index contributed by atoms with van der Waals surface area (Å²) in [6.07, 6.45) is 52.6. The Hall–Kier alpha value is 0. The third-order valence-corrected chi connectivity index (χ3v) is 15.2. The minimum absolute atomic E-state index is 0.811. The van der Waals surface area contributed by atoms with Crippen LogP contribution < -0.4 is 0 Å². The molecule has 0 aromatic heterocycles. The van der Waals surface area contributed by atoms with Crippen LogP contribution in [0.4, 0.5) is 0 Å². The molecule has 5 fully saturated rings. The highest BCUT2D eigenvalue weighted by Gasteiger charge is 2.56. The smallest absolute Gasteiger partial charge is 0.0287 e. The average Bonchev–Trinajstić information content (AvgIpc) is 3.05. The van der Waals surface area contributed by atoms with Gasteiger partial charge in [0.05, 0.1) is 0 Å². The van der Waals surface area contributed by atoms with Crippen molar-refractivity contribution >= 4 is 0 Å². The zero-order valence-corrected chi connectivity index (χ0v) is 30.5. The Morgan fingerprint density at radius 2 is 0.636 bits per heavy atom. The Labute approximate surface area is 277 Å². The predicted octanol–water partition coefficient (Wildman–Crippen LogP) is 15.0. The summed E-state index contributed by atoms with van der Waals surface area (Å²) in [5.41, 5.74) is 1.62. The summed E-state index contributed by atoms with van der Waals surface area (Å²) in [4.78, 5) is 0. The summed E-state index contributed by atoms with van der Waals surface area (Å²) >= 11 is 0. The molecule has 5 aliphatic rings. The molecule has 0 heteroatoms. The van der Waals surface area contributed by atoms with Gasteiger partial charge in [-0.05, 0) is 136 Å². The maximum Gasteiger partial charge on any atom is -0.0287 e. The van der Waals surface area contributed by atoms with Gasteiger partial charge in [0.1, 0.15) is 0 Å². The van der Waals surface area contributed by atoms with Gasteiger partial charge in [-0.25, -0.2) is 0 Å². The zero-order valence-electron chi connectivity index (χ0n) is 30.5. The van der Waals surface area contributed by atoms with E-state index in [1.807, 2.05) is 0 Å². The Morgan fingerprint density at radius 3 is 0.977 bits per heavy atom. The first-order valence-electron chi connectivity index (χ1n) is 21.6. The third kappa shape index (κ3) is 10.5. The van der Waals surface area contributed by atoms with Crippen molar-refractivity contribution in [1.82, 2.24) is 0 Å². The van der Waals surface area contributed by atoms with Crippen LogP contribution in [0.15, 0.2) is 0 Å². The van der Waals surface area contributed by atoms with Crippen molar-refractivity contribution in [2.75, 3.05) is 0 Å². The molecule has 0 aromatic rings. The average molecular weight is 609 g/mol. The molecule has 5 rings (SSSR count). The molecular weight excluding hydrogens is 528 g/mol. The van der Waals surface area contributed by atoms with E-state index in [4.69, 9.17) is 0 Å². The summed E-state index contributed by atoms with van der Waals surface area (Å²) in [6.45, 7) is 4.66. The van der Waals surface area contributed by atoms with E-state index in [-0.39, 0.29) is 0 Å². The van der Waals surface area contributed by atoms with Crippen LogP contribution >= 0.6 is 0 Å². The minimum Gasteiger partial charge on any atom is -0.0654 e. The van der Waals surface area contributed by atoms with Crippen molar-refractivity contribution in [2.24, 2.45) is 46.3 Å². The highest BCUT2D eigenvalue weighted by atomic mass is 14.6. The molecule has 0 heterocycles. The van der Waals surface area contributed by atoms with E-state index >= 15 is 0 Å². The molecule has 5 saturated carbocycles. The van der Waals surface area contributed by atoms with Crippen molar-refractivity contribution in [3.05, 3.63) is 0 Å². The summed E-state index contributed by atoms with van der Waals surface area (Å²) in [5.74, 6) is 6.59. The summed E-state index contributed by atoms with van der Waals surface area (Å²) in [7, 11) is 0. The zero-order chi connectivity index (χ0) is 30.5. The van der Waals surface area contributed by atoms with Gasteiger partial charge in [0.2, 0.25) is 0 Å². The first-order chi connectivity index (χ1) is 21.6. The molecule has 0 amide bonds. The topological polar surface area (TPSA) is 0 Å². The standard InChI is InChI=1S/C44H80/c1-3-5-7-9-11-13-15-17-37-19-23-39(24-20-37)41-27-31-43(32-28-41)35-44(36-43)33-29-42(30-34-44)40-25-21-38(22-26-40)18-16-14-12-10-8-6-4-2/h37-42H,3-36H2,1-2H3/t37-,38-,39-,40-,41?,42?,43?,44?. The van der Waals surface area contributed by atoms with Crippen LogP contribution in [0.2, 0.25) is 0 Å². The lowest BCUT2D eigenvalue weighted by atomic mass is 9.43. The Morgan fingerprint density at radius 1 is 0.341 bits per heavy atom. The van der Waals surface area contributed by atoms with Crippen LogP contribution in [0.5, 0.6) is 0 Å². The van der Waals surface area contributed by atoms with Gasteiger partial charge in [0.15, 0.2) is 0 Å². The molecule has 0 saturated heterocycles. The van der Waals surface area contributed by atoms with Crippen LogP contribution in [0.25, 0.3) is 0 Å². The van der Waals surface area contributed by atoms with E-state index in [0.717, 1.165) is 46.3 Å². The lowest BCUT2D eigenvalue weighted by Crippen LogP contribution is -2.50. The number of rotatable bonds is 18. The van der Waals surface area contributed by atoms with Crippen molar-refractivity contribution in [2.45, 2.75) is 232 Å². The van der Waals surface area contributed by atoms with Gasteiger partial charge in [-0.2, -0.15) is 0 Å². The van der Waals surface area contributed by atoms with Crippen LogP contribution in [-0.4, -0.2) is 0 Å². The van der Waals surface area contributed by atoms with E-state index in [1.165, 1.54) is 89.9 Å². The molecule has 0 bridgehead atoms. The van der Waals surface area contributed by atoms with Crippen molar-refractivity contribution in [3.8, 4) is 0 Å².